The molecule has 0 spiro atoms. The van der Waals surface area contributed by atoms with Crippen LogP contribution in [-0.4, -0.2) is 47.1 Å². The van der Waals surface area contributed by atoms with Crippen molar-refractivity contribution in [1.29, 1.82) is 0 Å². The van der Waals surface area contributed by atoms with Gasteiger partial charge in [0.25, 0.3) is 6.43 Å². The molecule has 0 aliphatic heterocycles. The van der Waals surface area contributed by atoms with Gasteiger partial charge in [-0.1, -0.05) is 18.9 Å². The molecule has 1 heterocycles. The largest absolute Gasteiger partial charge is 0.496 e. The first-order valence-electron chi connectivity index (χ1n) is 11.9. The van der Waals surface area contributed by atoms with E-state index in [2.05, 4.69) is 4.98 Å². The maximum Gasteiger partial charge on any atom is 0.338 e. The molecule has 1 fully saturated rings. The summed E-state index contributed by atoms with van der Waals surface area (Å²) in [5.74, 6) is -0.665. The summed E-state index contributed by atoms with van der Waals surface area (Å²) in [7, 11) is 1.31. The molecular weight excluding hydrogens is 492 g/mol. The van der Waals surface area contributed by atoms with E-state index in [9.17, 15) is 23.8 Å². The minimum atomic E-state index is -2.70. The summed E-state index contributed by atoms with van der Waals surface area (Å²) in [5.41, 5.74) is 0.534. The molecule has 10 heteroatoms. The number of ether oxygens (including phenoxy) is 3. The number of thiazole rings is 1. The number of carboxylic acids is 1. The number of carbonyl (C=O) groups is 1. The number of aliphatic hydroxyl groups excluding tert-OH is 1. The maximum absolute atomic E-state index is 13.3. The molecule has 1 aliphatic carbocycles. The average Bonchev–Trinajstić information content (AvgIpc) is 3.51. The number of alkyl halides is 2. The lowest BCUT2D eigenvalue weighted by molar-refractivity contribution is -0.0753. The average molecular weight is 522 g/mol. The Labute approximate surface area is 211 Å². The van der Waals surface area contributed by atoms with Gasteiger partial charge in [-0.25, -0.2) is 18.6 Å². The highest BCUT2D eigenvalue weighted by Gasteiger charge is 2.30. The van der Waals surface area contributed by atoms with Crippen molar-refractivity contribution in [2.45, 2.75) is 63.8 Å². The van der Waals surface area contributed by atoms with E-state index in [0.29, 0.717) is 33.1 Å². The second kappa shape index (κ2) is 11.5. The summed E-state index contributed by atoms with van der Waals surface area (Å²) in [4.78, 5) is 16.4. The predicted molar refractivity (Wildman–Crippen MR) is 131 cm³/mol. The van der Waals surface area contributed by atoms with Crippen LogP contribution < -0.4 is 9.47 Å². The summed E-state index contributed by atoms with van der Waals surface area (Å²) < 4.78 is 44.2. The molecule has 0 bridgehead atoms. The Morgan fingerprint density at radius 2 is 1.97 bits per heavy atom. The third-order valence-electron chi connectivity index (χ3n) is 6.29. The Bertz CT molecular complexity index is 1210. The van der Waals surface area contributed by atoms with Gasteiger partial charge in [-0.3, -0.25) is 0 Å². The standard InChI is InChI=1S/C26H29F2NO6S/c1-3-34-16-11-18(26(31)32)23-21(12-16)36-22(29-23)13-20(35-15-6-4-5-7-15)24(30)14-8-9-17(25(27)28)19(10-14)33-2/h8-12,15,20,24-25,30H,3-7,13H2,1-2H3,(H,31,32). The number of hydrogen-bond donors (Lipinski definition) is 2. The van der Waals surface area contributed by atoms with Crippen LogP contribution in [0.15, 0.2) is 30.3 Å². The maximum atomic E-state index is 13.3. The van der Waals surface area contributed by atoms with E-state index >= 15 is 0 Å². The molecule has 7 nitrogen and oxygen atoms in total. The molecule has 3 aromatic rings. The lowest BCUT2D eigenvalue weighted by atomic mass is 9.99. The number of halogens is 2. The second-order valence-electron chi connectivity index (χ2n) is 8.70. The topological polar surface area (TPSA) is 98.1 Å². The predicted octanol–water partition coefficient (Wildman–Crippen LogP) is 5.94. The summed E-state index contributed by atoms with van der Waals surface area (Å²) >= 11 is 1.31. The molecule has 2 N–H and O–H groups in total. The van der Waals surface area contributed by atoms with Crippen molar-refractivity contribution < 1.29 is 38.0 Å². The monoisotopic (exact) mass is 521 g/mol. The third kappa shape index (κ3) is 5.77. The molecule has 0 amide bonds. The van der Waals surface area contributed by atoms with E-state index in [-0.39, 0.29) is 29.4 Å². The van der Waals surface area contributed by atoms with Crippen molar-refractivity contribution in [2.24, 2.45) is 0 Å². The zero-order chi connectivity index (χ0) is 25.8. The van der Waals surface area contributed by atoms with Crippen molar-refractivity contribution in [1.82, 2.24) is 4.98 Å². The number of benzene rings is 2. The Morgan fingerprint density at radius 3 is 2.61 bits per heavy atom. The fourth-order valence-corrected chi connectivity index (χ4v) is 5.60. The van der Waals surface area contributed by atoms with Gasteiger partial charge in [0, 0.05) is 6.42 Å². The molecule has 1 aliphatic rings. The van der Waals surface area contributed by atoms with Gasteiger partial charge in [0.15, 0.2) is 0 Å². The van der Waals surface area contributed by atoms with Crippen molar-refractivity contribution in [3.8, 4) is 11.5 Å². The fourth-order valence-electron chi connectivity index (χ4n) is 4.54. The highest BCUT2D eigenvalue weighted by molar-refractivity contribution is 7.18. The Hall–Kier alpha value is -2.82. The number of aromatic carboxylic acids is 1. The van der Waals surface area contributed by atoms with Gasteiger partial charge in [0.05, 0.1) is 52.3 Å². The van der Waals surface area contributed by atoms with Gasteiger partial charge in [0.1, 0.15) is 17.6 Å². The highest BCUT2D eigenvalue weighted by atomic mass is 32.1. The number of nitrogens with zero attached hydrogens (tertiary/aromatic N) is 1. The van der Waals surface area contributed by atoms with E-state index in [1.807, 2.05) is 6.92 Å². The Kier molecular flexibility index (Phi) is 8.38. The van der Waals surface area contributed by atoms with Crippen LogP contribution in [0.1, 0.15) is 71.6 Å². The van der Waals surface area contributed by atoms with Crippen LogP contribution in [0.5, 0.6) is 11.5 Å². The van der Waals surface area contributed by atoms with Gasteiger partial charge < -0.3 is 24.4 Å². The smallest absolute Gasteiger partial charge is 0.338 e. The molecule has 2 unspecified atom stereocenters. The van der Waals surface area contributed by atoms with Crippen LogP contribution in [0.4, 0.5) is 8.78 Å². The van der Waals surface area contributed by atoms with Gasteiger partial charge in [-0.2, -0.15) is 0 Å². The molecule has 0 saturated heterocycles. The number of rotatable bonds is 11. The van der Waals surface area contributed by atoms with Crippen LogP contribution in [0.25, 0.3) is 10.2 Å². The second-order valence-corrected chi connectivity index (χ2v) is 9.81. The van der Waals surface area contributed by atoms with Crippen LogP contribution in [0.3, 0.4) is 0 Å². The lowest BCUT2D eigenvalue weighted by Gasteiger charge is -2.27. The van der Waals surface area contributed by atoms with Crippen molar-refractivity contribution in [3.05, 3.63) is 52.0 Å². The molecule has 194 valence electrons. The molecule has 4 rings (SSSR count). The summed E-state index contributed by atoms with van der Waals surface area (Å²) in [5, 5.41) is 21.6. The first-order valence-corrected chi connectivity index (χ1v) is 12.7. The van der Waals surface area contributed by atoms with Gasteiger partial charge in [0.2, 0.25) is 0 Å². The lowest BCUT2D eigenvalue weighted by Crippen LogP contribution is -2.29. The van der Waals surface area contributed by atoms with Crippen LogP contribution >= 0.6 is 11.3 Å². The zero-order valence-electron chi connectivity index (χ0n) is 20.1. The number of aromatic nitrogens is 1. The number of carboxylic acid groups (broad SMARTS) is 1. The Balaban J connectivity index is 1.67. The summed E-state index contributed by atoms with van der Waals surface area (Å²) in [6, 6.07) is 7.32. The SMILES string of the molecule is CCOc1cc(C(=O)O)c2nc(CC(OC3CCCC3)C(O)c3ccc(C(F)F)c(OC)c3)sc2c1. The molecular formula is C26H29F2NO6S. The van der Waals surface area contributed by atoms with Gasteiger partial charge in [-0.15, -0.1) is 11.3 Å². The number of aliphatic hydroxyl groups is 1. The van der Waals surface area contributed by atoms with Gasteiger partial charge >= 0.3 is 5.97 Å². The molecule has 2 aromatic carbocycles. The Morgan fingerprint density at radius 1 is 1.22 bits per heavy atom. The van der Waals surface area contributed by atoms with Crippen LogP contribution in [0, 0.1) is 0 Å². The molecule has 1 aromatic heterocycles. The summed E-state index contributed by atoms with van der Waals surface area (Å²) in [6.45, 7) is 2.21. The third-order valence-corrected chi connectivity index (χ3v) is 7.31. The number of hydrogen-bond acceptors (Lipinski definition) is 7. The minimum Gasteiger partial charge on any atom is -0.496 e. The molecule has 2 atom stereocenters. The number of methoxy groups -OCH3 is 1. The normalized spacial score (nSPS) is 15.9. The van der Waals surface area contributed by atoms with E-state index in [1.54, 1.807) is 6.07 Å². The van der Waals surface area contributed by atoms with E-state index in [1.165, 1.54) is 42.7 Å². The zero-order valence-corrected chi connectivity index (χ0v) is 20.9. The van der Waals surface area contributed by atoms with E-state index in [4.69, 9.17) is 14.2 Å². The van der Waals surface area contributed by atoms with Crippen LogP contribution in [0.2, 0.25) is 0 Å². The highest BCUT2D eigenvalue weighted by Crippen LogP contribution is 2.36. The summed E-state index contributed by atoms with van der Waals surface area (Å²) in [6.07, 6.45) is -0.536. The van der Waals surface area contributed by atoms with Gasteiger partial charge in [-0.05, 0) is 49.6 Å². The quantitative estimate of drug-likeness (QED) is 0.322. The van der Waals surface area contributed by atoms with Crippen molar-refractivity contribution >= 4 is 27.5 Å². The fraction of sp³-hybridized carbons (Fsp3) is 0.462. The van der Waals surface area contributed by atoms with Crippen molar-refractivity contribution in [2.75, 3.05) is 13.7 Å². The molecule has 0 radical (unpaired) electrons. The minimum absolute atomic E-state index is 0.00397. The number of fused-ring (bicyclic) bond motifs is 1. The van der Waals surface area contributed by atoms with Crippen LogP contribution in [-0.2, 0) is 11.2 Å². The first kappa shape index (κ1) is 26.2. The molecule has 36 heavy (non-hydrogen) atoms. The first-order chi connectivity index (χ1) is 17.3. The van der Waals surface area contributed by atoms with E-state index < -0.39 is 24.6 Å². The van der Waals surface area contributed by atoms with Crippen molar-refractivity contribution in [3.63, 3.8) is 0 Å². The van der Waals surface area contributed by atoms with E-state index in [0.717, 1.165) is 25.7 Å². The molecule has 1 saturated carbocycles.